The van der Waals surface area contributed by atoms with Crippen LogP contribution in [-0.2, 0) is 13.0 Å². The van der Waals surface area contributed by atoms with Crippen LogP contribution in [-0.4, -0.2) is 34.3 Å². The molecule has 0 fully saturated rings. The van der Waals surface area contributed by atoms with Gasteiger partial charge in [0.1, 0.15) is 5.82 Å². The number of halogens is 1. The zero-order valence-electron chi connectivity index (χ0n) is 15.7. The first-order chi connectivity index (χ1) is 13.0. The van der Waals surface area contributed by atoms with Gasteiger partial charge in [-0.3, -0.25) is 4.99 Å². The lowest BCUT2D eigenvalue weighted by atomic mass is 10.3. The Bertz CT molecular complexity index is 913. The number of guanidine groups is 1. The monoisotopic (exact) mass is 386 g/mol. The molecule has 0 spiro atoms. The van der Waals surface area contributed by atoms with Crippen molar-refractivity contribution >= 4 is 17.3 Å². The molecule has 0 amide bonds. The van der Waals surface area contributed by atoms with Crippen LogP contribution in [0.15, 0.2) is 41.5 Å². The zero-order chi connectivity index (χ0) is 19.2. The lowest BCUT2D eigenvalue weighted by Gasteiger charge is -2.10. The summed E-state index contributed by atoms with van der Waals surface area (Å²) in [5.74, 6) is 0.497. The first-order valence-electron chi connectivity index (χ1n) is 8.73. The number of benzene rings is 1. The van der Waals surface area contributed by atoms with Gasteiger partial charge in [-0.15, -0.1) is 11.3 Å². The Kier molecular flexibility index (Phi) is 6.18. The number of thiazole rings is 1. The number of hydrogen-bond donors (Lipinski definition) is 2. The average Bonchev–Trinajstić information content (AvgIpc) is 3.24. The molecule has 0 aliphatic carbocycles. The lowest BCUT2D eigenvalue weighted by Crippen LogP contribution is -2.37. The van der Waals surface area contributed by atoms with Crippen molar-refractivity contribution in [2.24, 2.45) is 4.99 Å². The fourth-order valence-electron chi connectivity index (χ4n) is 2.66. The molecule has 0 aliphatic rings. The van der Waals surface area contributed by atoms with Gasteiger partial charge in [-0.2, -0.15) is 5.10 Å². The summed E-state index contributed by atoms with van der Waals surface area (Å²) >= 11 is 1.70. The van der Waals surface area contributed by atoms with E-state index in [0.717, 1.165) is 34.5 Å². The molecule has 8 heteroatoms. The van der Waals surface area contributed by atoms with Crippen LogP contribution in [0.2, 0.25) is 0 Å². The molecule has 0 saturated carbocycles. The summed E-state index contributed by atoms with van der Waals surface area (Å²) in [4.78, 5) is 9.90. The smallest absolute Gasteiger partial charge is 0.191 e. The maximum absolute atomic E-state index is 13.0. The van der Waals surface area contributed by atoms with E-state index >= 15 is 0 Å². The maximum Gasteiger partial charge on any atom is 0.191 e. The molecule has 3 aromatic rings. The number of aryl methyl sites for hydroxylation is 2. The molecule has 27 heavy (non-hydrogen) atoms. The summed E-state index contributed by atoms with van der Waals surface area (Å²) in [7, 11) is 1.75. The van der Waals surface area contributed by atoms with E-state index < -0.39 is 0 Å². The predicted octanol–water partition coefficient (Wildman–Crippen LogP) is 2.99. The van der Waals surface area contributed by atoms with Gasteiger partial charge in [-0.05, 0) is 44.2 Å². The molecular weight excluding hydrogens is 363 g/mol. The molecule has 1 aromatic carbocycles. The van der Waals surface area contributed by atoms with Crippen molar-refractivity contribution in [3.63, 3.8) is 0 Å². The predicted molar refractivity (Wildman–Crippen MR) is 107 cm³/mol. The summed E-state index contributed by atoms with van der Waals surface area (Å²) in [5, 5.41) is 12.2. The third-order valence-electron chi connectivity index (χ3n) is 4.05. The van der Waals surface area contributed by atoms with Crippen LogP contribution in [0.4, 0.5) is 4.39 Å². The second-order valence-corrected chi connectivity index (χ2v) is 7.36. The Balaban J connectivity index is 1.48. The van der Waals surface area contributed by atoms with Crippen molar-refractivity contribution in [2.45, 2.75) is 26.8 Å². The fraction of sp³-hybridized carbons (Fsp3) is 0.316. The minimum atomic E-state index is -0.252. The van der Waals surface area contributed by atoms with Crippen LogP contribution in [0, 0.1) is 19.7 Å². The molecule has 2 aromatic heterocycles. The Morgan fingerprint density at radius 3 is 2.63 bits per heavy atom. The average molecular weight is 387 g/mol. The zero-order valence-corrected chi connectivity index (χ0v) is 16.5. The maximum atomic E-state index is 13.0. The molecule has 0 saturated heterocycles. The standard InChI is InChI=1S/C19H23FN6S/c1-13-18(27-14(2)24-13)12-23-19(21-3)22-10-8-16-9-11-26(25-16)17-6-4-15(20)5-7-17/h4-7,9,11H,8,10,12H2,1-3H3,(H2,21,22,23). The number of nitrogens with one attached hydrogen (secondary N) is 2. The molecule has 0 radical (unpaired) electrons. The Morgan fingerprint density at radius 2 is 1.96 bits per heavy atom. The van der Waals surface area contributed by atoms with Crippen molar-refractivity contribution in [3.8, 4) is 5.69 Å². The van der Waals surface area contributed by atoms with Gasteiger partial charge in [-0.1, -0.05) is 0 Å². The highest BCUT2D eigenvalue weighted by Gasteiger charge is 2.06. The molecule has 0 unspecified atom stereocenters. The van der Waals surface area contributed by atoms with Crippen LogP contribution < -0.4 is 10.6 Å². The SMILES string of the molecule is CN=C(NCCc1ccn(-c2ccc(F)cc2)n1)NCc1sc(C)nc1C. The first kappa shape index (κ1) is 19.0. The largest absolute Gasteiger partial charge is 0.356 e. The van der Waals surface area contributed by atoms with Crippen molar-refractivity contribution in [1.82, 2.24) is 25.4 Å². The van der Waals surface area contributed by atoms with E-state index in [4.69, 9.17) is 0 Å². The minimum Gasteiger partial charge on any atom is -0.356 e. The summed E-state index contributed by atoms with van der Waals surface area (Å²) in [6.07, 6.45) is 2.64. The number of aliphatic imine (C=N–C) groups is 1. The van der Waals surface area contributed by atoms with Gasteiger partial charge in [0.25, 0.3) is 0 Å². The molecule has 6 nitrogen and oxygen atoms in total. The van der Waals surface area contributed by atoms with Crippen LogP contribution in [0.1, 0.15) is 21.3 Å². The van der Waals surface area contributed by atoms with Crippen LogP contribution >= 0.6 is 11.3 Å². The molecule has 2 heterocycles. The summed E-state index contributed by atoms with van der Waals surface area (Å²) in [6.45, 7) is 5.45. The molecule has 0 bridgehead atoms. The van der Waals surface area contributed by atoms with Gasteiger partial charge in [0, 0.05) is 31.1 Å². The van der Waals surface area contributed by atoms with Gasteiger partial charge in [0.05, 0.1) is 28.6 Å². The van der Waals surface area contributed by atoms with Crippen LogP contribution in [0.5, 0.6) is 0 Å². The second kappa shape index (κ2) is 8.77. The summed E-state index contributed by atoms with van der Waals surface area (Å²) < 4.78 is 14.8. The molecule has 2 N–H and O–H groups in total. The van der Waals surface area contributed by atoms with E-state index in [2.05, 4.69) is 25.7 Å². The third-order valence-corrected chi connectivity index (χ3v) is 5.12. The van der Waals surface area contributed by atoms with Gasteiger partial charge >= 0.3 is 0 Å². The molecule has 0 aliphatic heterocycles. The van der Waals surface area contributed by atoms with E-state index in [1.165, 1.54) is 17.0 Å². The number of nitrogens with zero attached hydrogens (tertiary/aromatic N) is 4. The van der Waals surface area contributed by atoms with E-state index in [1.54, 1.807) is 35.2 Å². The van der Waals surface area contributed by atoms with Gasteiger partial charge in [0.15, 0.2) is 5.96 Å². The highest BCUT2D eigenvalue weighted by Crippen LogP contribution is 2.16. The molecule has 0 atom stereocenters. The number of aromatic nitrogens is 3. The van der Waals surface area contributed by atoms with Crippen molar-refractivity contribution in [1.29, 1.82) is 0 Å². The molecule has 142 valence electrons. The summed E-state index contributed by atoms with van der Waals surface area (Å²) in [6, 6.07) is 8.24. The summed E-state index contributed by atoms with van der Waals surface area (Å²) in [5.41, 5.74) is 2.85. The van der Waals surface area contributed by atoms with Crippen LogP contribution in [0.25, 0.3) is 5.69 Å². The Morgan fingerprint density at radius 1 is 1.19 bits per heavy atom. The third kappa shape index (κ3) is 5.13. The molecular formula is C19H23FN6S. The van der Waals surface area contributed by atoms with Gasteiger partial charge in [-0.25, -0.2) is 14.1 Å². The number of rotatable bonds is 6. The topological polar surface area (TPSA) is 67.1 Å². The molecule has 3 rings (SSSR count). The van der Waals surface area contributed by atoms with E-state index in [1.807, 2.05) is 26.1 Å². The Labute approximate surface area is 162 Å². The minimum absolute atomic E-state index is 0.252. The van der Waals surface area contributed by atoms with Crippen molar-refractivity contribution < 1.29 is 4.39 Å². The van der Waals surface area contributed by atoms with Crippen molar-refractivity contribution in [3.05, 3.63) is 63.6 Å². The van der Waals surface area contributed by atoms with E-state index in [9.17, 15) is 4.39 Å². The quantitative estimate of drug-likeness (QED) is 0.505. The Hall–Kier alpha value is -2.74. The normalized spacial score (nSPS) is 11.6. The first-order valence-corrected chi connectivity index (χ1v) is 9.54. The van der Waals surface area contributed by atoms with Crippen molar-refractivity contribution in [2.75, 3.05) is 13.6 Å². The van der Waals surface area contributed by atoms with E-state index in [-0.39, 0.29) is 5.82 Å². The second-order valence-electron chi connectivity index (χ2n) is 6.07. The lowest BCUT2D eigenvalue weighted by molar-refractivity contribution is 0.627. The van der Waals surface area contributed by atoms with Gasteiger partial charge in [0.2, 0.25) is 0 Å². The van der Waals surface area contributed by atoms with Crippen LogP contribution in [0.3, 0.4) is 0 Å². The fourth-order valence-corrected chi connectivity index (χ4v) is 3.54. The highest BCUT2D eigenvalue weighted by molar-refractivity contribution is 7.11. The number of hydrogen-bond acceptors (Lipinski definition) is 4. The van der Waals surface area contributed by atoms with E-state index in [0.29, 0.717) is 13.1 Å². The highest BCUT2D eigenvalue weighted by atomic mass is 32.1. The van der Waals surface area contributed by atoms with Gasteiger partial charge < -0.3 is 10.6 Å².